The minimum Gasteiger partial charge on any atom is -0.267 e. The molecule has 4 rings (SSSR count). The monoisotopic (exact) mass is 328 g/mol. The van der Waals surface area contributed by atoms with Crippen molar-refractivity contribution in [1.82, 2.24) is 9.78 Å². The summed E-state index contributed by atoms with van der Waals surface area (Å²) in [6.07, 6.45) is 7.81. The summed E-state index contributed by atoms with van der Waals surface area (Å²) in [7, 11) is 0. The largest absolute Gasteiger partial charge is 0.280 e. The molecule has 23 heavy (non-hydrogen) atoms. The standard InChI is InChI=1S/C19H21ClN2O/c1-12-14-6-3-2-4-9-17(14)22(21-12)19(23)18-15(13-10-11-13)7-5-8-16(18)20/h5,7-8,13H,2-4,6,9-11H2,1H3. The Bertz CT molecular complexity index is 774. The molecule has 0 radical (unpaired) electrons. The second-order valence-electron chi connectivity index (χ2n) is 6.77. The number of benzene rings is 1. The first kappa shape index (κ1) is 14.9. The van der Waals surface area contributed by atoms with Gasteiger partial charge >= 0.3 is 0 Å². The lowest BCUT2D eigenvalue weighted by molar-refractivity contribution is 0.0940. The van der Waals surface area contributed by atoms with Gasteiger partial charge in [-0.1, -0.05) is 30.2 Å². The molecular weight excluding hydrogens is 308 g/mol. The summed E-state index contributed by atoms with van der Waals surface area (Å²) in [5, 5.41) is 5.13. The third-order valence-corrected chi connectivity index (χ3v) is 5.42. The number of hydrogen-bond donors (Lipinski definition) is 0. The molecule has 1 fully saturated rings. The average Bonchev–Trinajstić information content (AvgIpc) is 3.35. The van der Waals surface area contributed by atoms with Crippen LogP contribution in [0.25, 0.3) is 0 Å². The van der Waals surface area contributed by atoms with E-state index >= 15 is 0 Å². The van der Waals surface area contributed by atoms with E-state index in [0.717, 1.165) is 49.1 Å². The van der Waals surface area contributed by atoms with Crippen LogP contribution >= 0.6 is 11.6 Å². The van der Waals surface area contributed by atoms with Crippen LogP contribution in [0.5, 0.6) is 0 Å². The second kappa shape index (κ2) is 5.79. The minimum atomic E-state index is -0.0521. The summed E-state index contributed by atoms with van der Waals surface area (Å²) in [5.41, 5.74) is 5.13. The molecule has 1 aromatic carbocycles. The van der Waals surface area contributed by atoms with E-state index in [0.29, 0.717) is 16.5 Å². The second-order valence-corrected chi connectivity index (χ2v) is 7.17. The zero-order valence-electron chi connectivity index (χ0n) is 13.4. The number of halogens is 1. The number of nitrogens with zero attached hydrogens (tertiary/aromatic N) is 2. The van der Waals surface area contributed by atoms with Crippen LogP contribution in [0.3, 0.4) is 0 Å². The van der Waals surface area contributed by atoms with Crippen LogP contribution in [0.1, 0.15) is 70.9 Å². The zero-order valence-corrected chi connectivity index (χ0v) is 14.2. The molecule has 3 nitrogen and oxygen atoms in total. The molecule has 2 aliphatic carbocycles. The number of aryl methyl sites for hydroxylation is 1. The van der Waals surface area contributed by atoms with E-state index in [4.69, 9.17) is 11.6 Å². The molecular formula is C19H21ClN2O. The van der Waals surface area contributed by atoms with Gasteiger partial charge in [0.2, 0.25) is 0 Å². The van der Waals surface area contributed by atoms with Crippen molar-refractivity contribution >= 4 is 17.5 Å². The SMILES string of the molecule is Cc1nn(C(=O)c2c(Cl)cccc2C2CC2)c2c1CCCCC2. The lowest BCUT2D eigenvalue weighted by Crippen LogP contribution is -2.19. The molecule has 0 spiro atoms. The highest BCUT2D eigenvalue weighted by Crippen LogP contribution is 2.43. The highest BCUT2D eigenvalue weighted by atomic mass is 35.5. The summed E-state index contributed by atoms with van der Waals surface area (Å²) < 4.78 is 1.64. The fourth-order valence-electron chi connectivity index (χ4n) is 3.74. The highest BCUT2D eigenvalue weighted by molar-refractivity contribution is 6.34. The first-order valence-electron chi connectivity index (χ1n) is 8.57. The topological polar surface area (TPSA) is 34.9 Å². The summed E-state index contributed by atoms with van der Waals surface area (Å²) in [5.74, 6) is 0.437. The maximum absolute atomic E-state index is 13.2. The van der Waals surface area contributed by atoms with Crippen molar-refractivity contribution in [1.29, 1.82) is 0 Å². The van der Waals surface area contributed by atoms with E-state index < -0.39 is 0 Å². The van der Waals surface area contributed by atoms with Crippen molar-refractivity contribution in [3.8, 4) is 0 Å². The molecule has 0 amide bonds. The number of carbonyl (C=O) groups excluding carboxylic acids is 1. The molecule has 1 saturated carbocycles. The van der Waals surface area contributed by atoms with Crippen LogP contribution < -0.4 is 0 Å². The first-order chi connectivity index (χ1) is 11.2. The Hall–Kier alpha value is -1.61. The maximum Gasteiger partial charge on any atom is 0.280 e. The predicted molar refractivity (Wildman–Crippen MR) is 91.4 cm³/mol. The number of hydrogen-bond acceptors (Lipinski definition) is 2. The third kappa shape index (κ3) is 2.61. The van der Waals surface area contributed by atoms with Gasteiger partial charge in [0.05, 0.1) is 22.0 Å². The van der Waals surface area contributed by atoms with Gasteiger partial charge in [0.1, 0.15) is 0 Å². The normalized spacial score (nSPS) is 17.7. The lowest BCUT2D eigenvalue weighted by Gasteiger charge is -2.12. The van der Waals surface area contributed by atoms with E-state index in [1.165, 1.54) is 18.4 Å². The molecule has 0 N–H and O–H groups in total. The van der Waals surface area contributed by atoms with Crippen LogP contribution in [0.15, 0.2) is 18.2 Å². The first-order valence-corrected chi connectivity index (χ1v) is 8.95. The Morgan fingerprint density at radius 2 is 2.00 bits per heavy atom. The van der Waals surface area contributed by atoms with E-state index in [-0.39, 0.29) is 5.91 Å². The van der Waals surface area contributed by atoms with Crippen molar-refractivity contribution in [3.63, 3.8) is 0 Å². The zero-order chi connectivity index (χ0) is 16.0. The van der Waals surface area contributed by atoms with E-state index in [1.807, 2.05) is 25.1 Å². The molecule has 2 aromatic rings. The van der Waals surface area contributed by atoms with E-state index in [1.54, 1.807) is 4.68 Å². The minimum absolute atomic E-state index is 0.0521. The van der Waals surface area contributed by atoms with Crippen molar-refractivity contribution in [2.45, 2.75) is 57.8 Å². The fourth-order valence-corrected chi connectivity index (χ4v) is 4.00. The fraction of sp³-hybridized carbons (Fsp3) is 0.474. The molecule has 120 valence electrons. The van der Waals surface area contributed by atoms with Crippen LogP contribution in [-0.2, 0) is 12.8 Å². The summed E-state index contributed by atoms with van der Waals surface area (Å²) in [6, 6.07) is 5.81. The number of rotatable bonds is 2. The van der Waals surface area contributed by atoms with Gasteiger partial charge in [0.15, 0.2) is 0 Å². The smallest absolute Gasteiger partial charge is 0.267 e. The lowest BCUT2D eigenvalue weighted by atomic mass is 10.0. The van der Waals surface area contributed by atoms with Crippen molar-refractivity contribution in [2.75, 3.05) is 0 Å². The Morgan fingerprint density at radius 1 is 1.22 bits per heavy atom. The molecule has 0 bridgehead atoms. The molecule has 0 atom stereocenters. The summed E-state index contributed by atoms with van der Waals surface area (Å²) in [4.78, 5) is 13.2. The van der Waals surface area contributed by atoms with Gasteiger partial charge in [-0.2, -0.15) is 5.10 Å². The van der Waals surface area contributed by atoms with Crippen molar-refractivity contribution < 1.29 is 4.79 Å². The van der Waals surface area contributed by atoms with Gasteiger partial charge < -0.3 is 0 Å². The number of carbonyl (C=O) groups is 1. The quantitative estimate of drug-likeness (QED) is 0.750. The van der Waals surface area contributed by atoms with Gasteiger partial charge in [-0.15, -0.1) is 0 Å². The Morgan fingerprint density at radius 3 is 2.78 bits per heavy atom. The molecule has 4 heteroatoms. The number of fused-ring (bicyclic) bond motifs is 1. The molecule has 0 aliphatic heterocycles. The Balaban J connectivity index is 1.82. The van der Waals surface area contributed by atoms with Crippen LogP contribution in [-0.4, -0.2) is 15.7 Å². The predicted octanol–water partition coefficient (Wildman–Crippen LogP) is 4.68. The van der Waals surface area contributed by atoms with Gasteiger partial charge in [0, 0.05) is 0 Å². The van der Waals surface area contributed by atoms with Crippen LogP contribution in [0, 0.1) is 6.92 Å². The van der Waals surface area contributed by atoms with Gasteiger partial charge in [-0.25, -0.2) is 4.68 Å². The highest BCUT2D eigenvalue weighted by Gasteiger charge is 2.31. The number of aromatic nitrogens is 2. The van der Waals surface area contributed by atoms with Crippen LogP contribution in [0.4, 0.5) is 0 Å². The summed E-state index contributed by atoms with van der Waals surface area (Å²) in [6.45, 7) is 2.02. The maximum atomic E-state index is 13.2. The Labute approximate surface area is 141 Å². The Kier molecular flexibility index (Phi) is 3.76. The van der Waals surface area contributed by atoms with Gasteiger partial charge in [-0.05, 0) is 68.6 Å². The third-order valence-electron chi connectivity index (χ3n) is 5.10. The summed E-state index contributed by atoms with van der Waals surface area (Å²) >= 11 is 6.41. The molecule has 2 aliphatic rings. The molecule has 1 heterocycles. The van der Waals surface area contributed by atoms with Crippen LogP contribution in [0.2, 0.25) is 5.02 Å². The van der Waals surface area contributed by atoms with E-state index in [2.05, 4.69) is 5.10 Å². The molecule has 0 unspecified atom stereocenters. The van der Waals surface area contributed by atoms with Gasteiger partial charge in [0.25, 0.3) is 5.91 Å². The van der Waals surface area contributed by atoms with Crippen molar-refractivity contribution in [3.05, 3.63) is 51.3 Å². The van der Waals surface area contributed by atoms with E-state index in [9.17, 15) is 4.79 Å². The molecule has 0 saturated heterocycles. The van der Waals surface area contributed by atoms with Gasteiger partial charge in [-0.3, -0.25) is 4.79 Å². The molecule has 1 aromatic heterocycles. The van der Waals surface area contributed by atoms with Crippen molar-refractivity contribution in [2.24, 2.45) is 0 Å². The average molecular weight is 329 g/mol.